The molecule has 3 heterocycles. The Morgan fingerprint density at radius 2 is 1.29 bits per heavy atom. The lowest BCUT2D eigenvalue weighted by Gasteiger charge is -2.21. The second kappa shape index (κ2) is 8.98. The molecule has 2 aromatic carbocycles. The standard InChI is InChI=1S/C28H28BN5O/c1-16-10-18(3)24(19(4)11-16)29(25-20(5)12-17(2)13-21(25)6)28-34-23(15-35-28)22-14-32-27(33-22)26-30-8-7-9-31-26/h7-15H,1-6H3,(H,32,33). The fourth-order valence-corrected chi connectivity index (χ4v) is 5.21. The SMILES string of the molecule is Cc1cc(C)c(B(c2nc(-c3cnc(-c4ncccn4)[nH]3)co2)c2c(C)cc(C)cc2C)c(C)c1. The third-order valence-electron chi connectivity index (χ3n) is 6.45. The number of benzene rings is 2. The van der Waals surface area contributed by atoms with Crippen LogP contribution in [0.15, 0.2) is 59.6 Å². The number of aromatic amines is 1. The number of aromatic nitrogens is 5. The van der Waals surface area contributed by atoms with E-state index in [4.69, 9.17) is 9.40 Å². The van der Waals surface area contributed by atoms with Crippen molar-refractivity contribution < 1.29 is 4.42 Å². The van der Waals surface area contributed by atoms with Gasteiger partial charge in [0.1, 0.15) is 12.0 Å². The first-order valence-electron chi connectivity index (χ1n) is 11.8. The zero-order chi connectivity index (χ0) is 24.7. The molecule has 3 aromatic heterocycles. The molecule has 0 fully saturated rings. The fourth-order valence-electron chi connectivity index (χ4n) is 5.21. The minimum atomic E-state index is -0.121. The summed E-state index contributed by atoms with van der Waals surface area (Å²) in [6, 6.07) is 10.7. The van der Waals surface area contributed by atoms with Gasteiger partial charge < -0.3 is 9.40 Å². The third kappa shape index (κ3) is 4.30. The molecule has 6 nitrogen and oxygen atoms in total. The summed E-state index contributed by atoms with van der Waals surface area (Å²) in [5.74, 6) is 1.80. The molecule has 1 N–H and O–H groups in total. The molecule has 0 radical (unpaired) electrons. The summed E-state index contributed by atoms with van der Waals surface area (Å²) < 4.78 is 6.20. The normalized spacial score (nSPS) is 11.1. The molecular formula is C28H28BN5O. The van der Waals surface area contributed by atoms with Gasteiger partial charge in [-0.05, 0) is 47.6 Å². The maximum Gasteiger partial charge on any atom is 0.314 e. The van der Waals surface area contributed by atoms with E-state index >= 15 is 0 Å². The van der Waals surface area contributed by atoms with Crippen LogP contribution < -0.4 is 16.7 Å². The van der Waals surface area contributed by atoms with Crippen molar-refractivity contribution in [2.24, 2.45) is 0 Å². The van der Waals surface area contributed by atoms with Crippen LogP contribution in [-0.4, -0.2) is 31.6 Å². The van der Waals surface area contributed by atoms with Gasteiger partial charge in [-0.3, -0.25) is 0 Å². The van der Waals surface area contributed by atoms with Crippen molar-refractivity contribution in [3.8, 4) is 23.0 Å². The predicted octanol–water partition coefficient (Wildman–Crippen LogP) is 3.89. The number of hydrogen-bond acceptors (Lipinski definition) is 5. The maximum atomic E-state index is 6.20. The second-order valence-corrected chi connectivity index (χ2v) is 9.35. The third-order valence-corrected chi connectivity index (χ3v) is 6.45. The van der Waals surface area contributed by atoms with Gasteiger partial charge in [-0.25, -0.2) is 19.9 Å². The number of oxazole rings is 1. The number of imidazole rings is 1. The lowest BCUT2D eigenvalue weighted by Crippen LogP contribution is -2.56. The summed E-state index contributed by atoms with van der Waals surface area (Å²) in [5.41, 5.74) is 11.4. The van der Waals surface area contributed by atoms with E-state index < -0.39 is 0 Å². The van der Waals surface area contributed by atoms with Crippen LogP contribution in [0.2, 0.25) is 0 Å². The maximum absolute atomic E-state index is 6.20. The van der Waals surface area contributed by atoms with Crippen molar-refractivity contribution in [1.82, 2.24) is 24.9 Å². The van der Waals surface area contributed by atoms with Crippen molar-refractivity contribution >= 4 is 23.4 Å². The van der Waals surface area contributed by atoms with E-state index in [1.54, 1.807) is 30.9 Å². The van der Waals surface area contributed by atoms with E-state index in [-0.39, 0.29) is 6.71 Å². The topological polar surface area (TPSA) is 80.5 Å². The summed E-state index contributed by atoms with van der Waals surface area (Å²) in [6.07, 6.45) is 6.83. The molecule has 7 heteroatoms. The molecule has 0 aliphatic heterocycles. The molecule has 0 saturated heterocycles. The first-order chi connectivity index (χ1) is 16.8. The molecule has 0 aliphatic rings. The highest BCUT2D eigenvalue weighted by molar-refractivity contribution is 6.95. The highest BCUT2D eigenvalue weighted by Gasteiger charge is 2.33. The van der Waals surface area contributed by atoms with Gasteiger partial charge in [0.25, 0.3) is 0 Å². The molecule has 35 heavy (non-hydrogen) atoms. The summed E-state index contributed by atoms with van der Waals surface area (Å²) in [7, 11) is 0. The lowest BCUT2D eigenvalue weighted by atomic mass is 9.37. The molecule has 0 atom stereocenters. The molecule has 0 bridgehead atoms. The minimum absolute atomic E-state index is 0.121. The molecular weight excluding hydrogens is 433 g/mol. The van der Waals surface area contributed by atoms with E-state index in [1.807, 2.05) is 0 Å². The zero-order valence-electron chi connectivity index (χ0n) is 21.0. The summed E-state index contributed by atoms with van der Waals surface area (Å²) >= 11 is 0. The van der Waals surface area contributed by atoms with Crippen LogP contribution in [0.1, 0.15) is 33.4 Å². The Bertz CT molecular complexity index is 1420. The van der Waals surface area contributed by atoms with Crippen LogP contribution in [0.5, 0.6) is 0 Å². The van der Waals surface area contributed by atoms with E-state index in [0.29, 0.717) is 23.1 Å². The Morgan fingerprint density at radius 3 is 1.83 bits per heavy atom. The Morgan fingerprint density at radius 1 is 0.743 bits per heavy atom. The number of hydrogen-bond donors (Lipinski definition) is 1. The number of nitrogens with one attached hydrogen (secondary N) is 1. The molecule has 5 aromatic rings. The second-order valence-electron chi connectivity index (χ2n) is 9.35. The van der Waals surface area contributed by atoms with Crippen molar-refractivity contribution in [2.45, 2.75) is 41.5 Å². The van der Waals surface area contributed by atoms with Crippen molar-refractivity contribution in [1.29, 1.82) is 0 Å². The van der Waals surface area contributed by atoms with Gasteiger partial charge in [0.05, 0.1) is 11.9 Å². The summed E-state index contributed by atoms with van der Waals surface area (Å²) in [6.45, 7) is 12.8. The number of rotatable bonds is 5. The summed E-state index contributed by atoms with van der Waals surface area (Å²) in [4.78, 5) is 21.2. The van der Waals surface area contributed by atoms with Crippen molar-refractivity contribution in [3.05, 3.63) is 88.6 Å². The Kier molecular flexibility index (Phi) is 5.85. The Hall–Kier alpha value is -4.00. The molecule has 174 valence electrons. The molecule has 5 rings (SSSR count). The van der Waals surface area contributed by atoms with Crippen LogP contribution in [0.3, 0.4) is 0 Å². The van der Waals surface area contributed by atoms with E-state index in [0.717, 1.165) is 5.69 Å². The van der Waals surface area contributed by atoms with Gasteiger partial charge in [0.15, 0.2) is 17.4 Å². The average molecular weight is 461 g/mol. The Labute approximate surface area is 206 Å². The number of H-pyrrole nitrogens is 1. The molecule has 0 aliphatic carbocycles. The van der Waals surface area contributed by atoms with Crippen molar-refractivity contribution in [3.63, 3.8) is 0 Å². The van der Waals surface area contributed by atoms with E-state index in [9.17, 15) is 0 Å². The van der Waals surface area contributed by atoms with E-state index in [1.165, 1.54) is 44.3 Å². The van der Waals surface area contributed by atoms with E-state index in [2.05, 4.69) is 85.7 Å². The van der Waals surface area contributed by atoms with Gasteiger partial charge >= 0.3 is 6.71 Å². The smallest absolute Gasteiger partial charge is 0.314 e. The molecule has 0 spiro atoms. The first-order valence-corrected chi connectivity index (χ1v) is 11.8. The highest BCUT2D eigenvalue weighted by atomic mass is 16.3. The van der Waals surface area contributed by atoms with Crippen LogP contribution in [0.25, 0.3) is 23.0 Å². The minimum Gasteiger partial charge on any atom is -0.457 e. The fraction of sp³-hybridized carbons (Fsp3) is 0.214. The van der Waals surface area contributed by atoms with Crippen LogP contribution >= 0.6 is 0 Å². The number of nitrogens with zero attached hydrogens (tertiary/aromatic N) is 4. The van der Waals surface area contributed by atoms with Gasteiger partial charge in [-0.15, -0.1) is 0 Å². The predicted molar refractivity (Wildman–Crippen MR) is 141 cm³/mol. The molecule has 0 saturated carbocycles. The van der Waals surface area contributed by atoms with Gasteiger partial charge in [0.2, 0.25) is 0 Å². The highest BCUT2D eigenvalue weighted by Crippen LogP contribution is 2.19. The molecule has 0 unspecified atom stereocenters. The monoisotopic (exact) mass is 461 g/mol. The molecule has 0 amide bonds. The first kappa shape index (κ1) is 22.8. The van der Waals surface area contributed by atoms with Gasteiger partial charge in [0, 0.05) is 12.4 Å². The number of aryl methyl sites for hydroxylation is 6. The van der Waals surface area contributed by atoms with Crippen LogP contribution in [0, 0.1) is 41.5 Å². The van der Waals surface area contributed by atoms with Crippen LogP contribution in [-0.2, 0) is 0 Å². The van der Waals surface area contributed by atoms with Gasteiger partial charge in [-0.2, -0.15) is 0 Å². The Balaban J connectivity index is 1.64. The summed E-state index contributed by atoms with van der Waals surface area (Å²) in [5, 5.41) is 0. The quantitative estimate of drug-likeness (QED) is 0.402. The van der Waals surface area contributed by atoms with Crippen molar-refractivity contribution in [2.75, 3.05) is 0 Å². The van der Waals surface area contributed by atoms with Crippen LogP contribution in [0.4, 0.5) is 0 Å². The average Bonchev–Trinajstić information content (AvgIpc) is 3.47. The lowest BCUT2D eigenvalue weighted by molar-refractivity contribution is 0.594. The van der Waals surface area contributed by atoms with Gasteiger partial charge in [-0.1, -0.05) is 68.6 Å². The zero-order valence-corrected chi connectivity index (χ0v) is 21.0. The largest absolute Gasteiger partial charge is 0.457 e.